The van der Waals surface area contributed by atoms with Gasteiger partial charge < -0.3 is 25.8 Å². The number of nitrogens with one attached hydrogen (secondary N) is 1. The number of rotatable bonds is 16. The molecule has 2 aliphatic rings. The Hall–Kier alpha value is -4.38. The number of allylic oxidation sites excluding steroid dienone is 2. The lowest BCUT2D eigenvalue weighted by molar-refractivity contribution is -0.141. The minimum Gasteiger partial charge on any atom is -0.459 e. The predicted octanol–water partition coefficient (Wildman–Crippen LogP) is 3.33. The van der Waals surface area contributed by atoms with Crippen molar-refractivity contribution >= 4 is 50.7 Å². The van der Waals surface area contributed by atoms with Gasteiger partial charge in [-0.15, -0.1) is 0 Å². The first-order valence-corrected chi connectivity index (χ1v) is 19.5. The van der Waals surface area contributed by atoms with E-state index in [2.05, 4.69) is 9.71 Å². The number of primary amides is 1. The fourth-order valence-electron chi connectivity index (χ4n) is 6.45. The third-order valence-corrected chi connectivity index (χ3v) is 10.9. The summed E-state index contributed by atoms with van der Waals surface area (Å²) in [7, 11) is 0.406. The summed E-state index contributed by atoms with van der Waals surface area (Å²) in [5.74, 6) is -1.99. The van der Waals surface area contributed by atoms with Gasteiger partial charge in [-0.05, 0) is 78.4 Å². The topological polar surface area (TPSA) is 212 Å². The normalized spacial score (nSPS) is 21.0. The number of unbranched alkanes of at least 4 members (excludes halogenated alkanes) is 3. The number of carbonyl (C=O) groups excluding carboxylic acids is 4. The van der Waals surface area contributed by atoms with Crippen molar-refractivity contribution in [3.63, 3.8) is 0 Å². The van der Waals surface area contributed by atoms with Crippen molar-refractivity contribution < 1.29 is 37.1 Å². The SMILES string of the molecule is CC(C)n1c(OC2CC(C(N)=O)N(C(=O)C(CCCCCC=CC3CC3C(=O)NS(=O)(=O)N(C)C)N(C)C(=O)OC(C)(C)C)C2)nc2c(N)cccc21. The number of benzene rings is 1. The van der Waals surface area contributed by atoms with Gasteiger partial charge in [0.1, 0.15) is 29.3 Å². The van der Waals surface area contributed by atoms with Crippen LogP contribution >= 0.6 is 0 Å². The lowest BCUT2D eigenvalue weighted by atomic mass is 10.0. The summed E-state index contributed by atoms with van der Waals surface area (Å²) in [6.45, 7) is 9.29. The molecule has 1 aromatic carbocycles. The van der Waals surface area contributed by atoms with Crippen molar-refractivity contribution in [3.05, 3.63) is 30.4 Å². The van der Waals surface area contributed by atoms with Gasteiger partial charge in [-0.3, -0.25) is 23.9 Å². The Labute approximate surface area is 312 Å². The lowest BCUT2D eigenvalue weighted by Crippen LogP contribution is -2.54. The van der Waals surface area contributed by atoms with Crippen LogP contribution in [-0.4, -0.2) is 107 Å². The molecule has 5 atom stereocenters. The minimum atomic E-state index is -3.82. The predicted molar refractivity (Wildman–Crippen MR) is 201 cm³/mol. The number of para-hydroxylation sites is 1. The van der Waals surface area contributed by atoms with E-state index in [0.29, 0.717) is 36.5 Å². The number of ether oxygens (including phenoxy) is 2. The highest BCUT2D eigenvalue weighted by molar-refractivity contribution is 7.87. The summed E-state index contributed by atoms with van der Waals surface area (Å²) >= 11 is 0. The smallest absolute Gasteiger partial charge is 0.410 e. The van der Waals surface area contributed by atoms with Gasteiger partial charge in [-0.2, -0.15) is 17.7 Å². The van der Waals surface area contributed by atoms with Crippen molar-refractivity contribution in [1.82, 2.24) is 28.4 Å². The van der Waals surface area contributed by atoms with E-state index in [-0.39, 0.29) is 30.8 Å². The van der Waals surface area contributed by atoms with Crippen LogP contribution in [0.5, 0.6) is 6.01 Å². The van der Waals surface area contributed by atoms with E-state index in [1.54, 1.807) is 26.8 Å². The maximum Gasteiger partial charge on any atom is 0.410 e. The maximum absolute atomic E-state index is 14.3. The van der Waals surface area contributed by atoms with Crippen molar-refractivity contribution in [2.24, 2.45) is 17.6 Å². The Morgan fingerprint density at radius 3 is 2.42 bits per heavy atom. The number of fused-ring (bicyclic) bond motifs is 1. The molecule has 1 saturated carbocycles. The molecule has 2 fully saturated rings. The fourth-order valence-corrected chi connectivity index (χ4v) is 7.04. The Morgan fingerprint density at radius 1 is 1.09 bits per heavy atom. The van der Waals surface area contributed by atoms with Crippen molar-refractivity contribution in [2.75, 3.05) is 33.4 Å². The first kappa shape index (κ1) is 41.4. The van der Waals surface area contributed by atoms with Crippen molar-refractivity contribution in [3.8, 4) is 6.01 Å². The monoisotopic (exact) mass is 760 g/mol. The molecule has 5 unspecified atom stereocenters. The van der Waals surface area contributed by atoms with Crippen LogP contribution in [0.3, 0.4) is 0 Å². The number of likely N-dealkylation sites (N-methyl/N-ethyl adjacent to an activating group) is 1. The zero-order valence-corrected chi connectivity index (χ0v) is 32.9. The Morgan fingerprint density at radius 2 is 1.79 bits per heavy atom. The van der Waals surface area contributed by atoms with E-state index in [9.17, 15) is 27.6 Å². The third-order valence-electron chi connectivity index (χ3n) is 9.43. The number of nitrogen functional groups attached to an aromatic ring is 1. The summed E-state index contributed by atoms with van der Waals surface area (Å²) in [4.78, 5) is 59.8. The molecule has 4 amide bonds. The zero-order valence-electron chi connectivity index (χ0n) is 32.1. The number of hydrogen-bond donors (Lipinski definition) is 3. The molecule has 1 saturated heterocycles. The highest BCUT2D eigenvalue weighted by Gasteiger charge is 2.45. The molecular weight excluding hydrogens is 705 g/mol. The maximum atomic E-state index is 14.3. The summed E-state index contributed by atoms with van der Waals surface area (Å²) in [5, 5.41) is 0. The molecule has 1 aliphatic carbocycles. The van der Waals surface area contributed by atoms with Gasteiger partial charge in [-0.25, -0.2) is 9.52 Å². The summed E-state index contributed by atoms with van der Waals surface area (Å²) < 4.78 is 40.8. The van der Waals surface area contributed by atoms with Gasteiger partial charge in [0.05, 0.1) is 17.7 Å². The minimum absolute atomic E-state index is 0.00838. The quantitative estimate of drug-likeness (QED) is 0.129. The van der Waals surface area contributed by atoms with E-state index in [0.717, 1.165) is 29.1 Å². The summed E-state index contributed by atoms with van der Waals surface area (Å²) in [6, 6.07) is 3.94. The molecule has 5 N–H and O–H groups in total. The summed E-state index contributed by atoms with van der Waals surface area (Å²) in [6.07, 6.45) is 6.59. The zero-order chi connectivity index (χ0) is 39.4. The average Bonchev–Trinajstić information content (AvgIpc) is 3.54. The van der Waals surface area contributed by atoms with Gasteiger partial charge >= 0.3 is 16.3 Å². The van der Waals surface area contributed by atoms with E-state index in [1.165, 1.54) is 30.9 Å². The highest BCUT2D eigenvalue weighted by atomic mass is 32.2. The largest absolute Gasteiger partial charge is 0.459 e. The van der Waals surface area contributed by atoms with Crippen LogP contribution in [0.4, 0.5) is 10.5 Å². The molecular formula is C36H56N8O8S. The fraction of sp³-hybridized carbons (Fsp3) is 0.639. The molecule has 4 rings (SSSR count). The first-order valence-electron chi connectivity index (χ1n) is 18.1. The number of nitrogens with zero attached hydrogens (tertiary/aromatic N) is 5. The van der Waals surface area contributed by atoms with Gasteiger partial charge in [0.15, 0.2) is 0 Å². The van der Waals surface area contributed by atoms with Gasteiger partial charge in [0, 0.05) is 39.5 Å². The Kier molecular flexibility index (Phi) is 13.1. The standard InChI is InChI=1S/C36H56N8O8S/c1-22(2)44-27-18-14-16-26(37)30(27)39-34(44)51-24-20-29(31(38)45)43(21-24)33(47)28(42(8)35(48)52-36(3,4)5)17-13-11-9-10-12-15-23-19-25(23)32(46)40-53(49,50)41(6)7/h12,14-16,18,22-25,28-29H,9-11,13,17,19-21,37H2,1-8H3,(H2,38,45)(H,40,46). The van der Waals surface area contributed by atoms with Crippen LogP contribution in [0.25, 0.3) is 11.0 Å². The first-order chi connectivity index (χ1) is 24.7. The number of aromatic nitrogens is 2. The van der Waals surface area contributed by atoms with Crippen LogP contribution in [0, 0.1) is 11.8 Å². The van der Waals surface area contributed by atoms with E-state index in [1.807, 2.05) is 42.7 Å². The Bertz CT molecular complexity index is 1800. The lowest BCUT2D eigenvalue weighted by Gasteiger charge is -2.33. The van der Waals surface area contributed by atoms with Crippen LogP contribution in [0.15, 0.2) is 30.4 Å². The number of carbonyl (C=O) groups is 4. The molecule has 2 heterocycles. The summed E-state index contributed by atoms with van der Waals surface area (Å²) in [5.41, 5.74) is 13.1. The Balaban J connectivity index is 1.40. The molecule has 0 spiro atoms. The highest BCUT2D eigenvalue weighted by Crippen LogP contribution is 2.40. The molecule has 1 aliphatic heterocycles. The molecule has 16 nitrogen and oxygen atoms in total. The molecule has 2 aromatic rings. The molecule has 0 radical (unpaired) electrons. The second-order valence-electron chi connectivity index (χ2n) is 15.4. The molecule has 17 heteroatoms. The van der Waals surface area contributed by atoms with Crippen LogP contribution in [-0.2, 0) is 29.3 Å². The van der Waals surface area contributed by atoms with E-state index >= 15 is 0 Å². The second kappa shape index (κ2) is 16.7. The van der Waals surface area contributed by atoms with Crippen LogP contribution < -0.4 is 20.9 Å². The number of anilines is 1. The number of likely N-dealkylation sites (tertiary alicyclic amines) is 1. The van der Waals surface area contributed by atoms with Crippen LogP contribution in [0.2, 0.25) is 0 Å². The second-order valence-corrected chi connectivity index (χ2v) is 17.3. The molecule has 53 heavy (non-hydrogen) atoms. The number of amides is 4. The number of hydrogen-bond acceptors (Lipinski definition) is 10. The van der Waals surface area contributed by atoms with Crippen molar-refractivity contribution in [2.45, 2.75) is 109 Å². The average molecular weight is 761 g/mol. The number of nitrogens with two attached hydrogens (primary N) is 2. The van der Waals surface area contributed by atoms with Gasteiger partial charge in [0.2, 0.25) is 17.7 Å². The molecule has 294 valence electrons. The van der Waals surface area contributed by atoms with E-state index in [4.69, 9.17) is 20.9 Å². The third kappa shape index (κ3) is 10.4. The van der Waals surface area contributed by atoms with Crippen molar-refractivity contribution in [1.29, 1.82) is 0 Å². The van der Waals surface area contributed by atoms with Crippen LogP contribution in [0.1, 0.15) is 85.6 Å². The van der Waals surface area contributed by atoms with Gasteiger partial charge in [-0.1, -0.05) is 31.1 Å². The number of imidazole rings is 1. The molecule has 0 bridgehead atoms. The van der Waals surface area contributed by atoms with Gasteiger partial charge in [0.25, 0.3) is 6.01 Å². The van der Waals surface area contributed by atoms with E-state index < -0.39 is 57.8 Å². The molecule has 1 aromatic heterocycles.